The highest BCUT2D eigenvalue weighted by molar-refractivity contribution is 5.99. The van der Waals surface area contributed by atoms with Gasteiger partial charge in [0, 0.05) is 11.6 Å². The lowest BCUT2D eigenvalue weighted by Crippen LogP contribution is -2.69. The molecule has 0 saturated heterocycles. The molecule has 25 heavy (non-hydrogen) atoms. The lowest BCUT2D eigenvalue weighted by atomic mass is 10.1. The molecular formula is C16H15F3N3O3+. The molecule has 0 fully saturated rings. The lowest BCUT2D eigenvalue weighted by Gasteiger charge is -2.30. The molecule has 0 radical (unpaired) electrons. The number of benzene rings is 1. The molecule has 9 heteroatoms. The second-order valence-corrected chi connectivity index (χ2v) is 4.96. The van der Waals surface area contributed by atoms with Crippen molar-refractivity contribution >= 4 is 17.7 Å². The monoisotopic (exact) mass is 354 g/mol. The van der Waals surface area contributed by atoms with Gasteiger partial charge in [-0.1, -0.05) is 24.3 Å². The van der Waals surface area contributed by atoms with Crippen molar-refractivity contribution in [3.8, 4) is 0 Å². The number of pyridine rings is 1. The fraction of sp³-hybridized carbons (Fsp3) is 0.188. The first-order valence-electron chi connectivity index (χ1n) is 7.08. The highest BCUT2D eigenvalue weighted by atomic mass is 19.4. The number of aromatic nitrogens is 1. The number of hydrogen-bond donors (Lipinski definition) is 2. The van der Waals surface area contributed by atoms with Gasteiger partial charge < -0.3 is 4.74 Å². The van der Waals surface area contributed by atoms with Crippen LogP contribution >= 0.6 is 0 Å². The van der Waals surface area contributed by atoms with E-state index in [4.69, 9.17) is 0 Å². The van der Waals surface area contributed by atoms with Crippen molar-refractivity contribution < 1.29 is 32.5 Å². The van der Waals surface area contributed by atoms with Gasteiger partial charge in [-0.15, -0.1) is 0 Å². The number of carbonyl (C=O) groups excluding carboxylic acids is 2. The number of nitrogens with one attached hydrogen (secondary N) is 3. The number of esters is 1. The molecule has 0 spiro atoms. The molecule has 3 N–H and O–H groups in total. The van der Waals surface area contributed by atoms with E-state index in [9.17, 15) is 22.8 Å². The molecule has 2 rings (SSSR count). The largest absolute Gasteiger partial charge is 0.464 e. The van der Waals surface area contributed by atoms with E-state index in [-0.39, 0.29) is 11.4 Å². The Labute approximate surface area is 141 Å². The molecule has 6 nitrogen and oxygen atoms in total. The van der Waals surface area contributed by atoms with Gasteiger partial charge in [-0.3, -0.25) is 10.1 Å². The van der Waals surface area contributed by atoms with Crippen LogP contribution in [0.4, 0.5) is 19.0 Å². The zero-order chi connectivity index (χ0) is 18.5. The van der Waals surface area contributed by atoms with Gasteiger partial charge >= 0.3 is 17.8 Å². The highest BCUT2D eigenvalue weighted by Crippen LogP contribution is 2.32. The number of methoxy groups -OCH3 is 1. The Morgan fingerprint density at radius 3 is 2.20 bits per heavy atom. The van der Waals surface area contributed by atoms with Crippen molar-refractivity contribution in [2.45, 2.75) is 11.8 Å². The van der Waals surface area contributed by atoms with Gasteiger partial charge in [-0.05, 0) is 18.2 Å². The van der Waals surface area contributed by atoms with E-state index < -0.39 is 23.7 Å². The molecule has 0 aliphatic rings. The minimum Gasteiger partial charge on any atom is -0.464 e. The van der Waals surface area contributed by atoms with Crippen LogP contribution in [0, 0.1) is 0 Å². The van der Waals surface area contributed by atoms with Gasteiger partial charge in [0.05, 0.1) is 13.3 Å². The summed E-state index contributed by atoms with van der Waals surface area (Å²) in [4.78, 5) is 26.8. The van der Waals surface area contributed by atoms with Crippen LogP contribution in [-0.2, 0) is 9.53 Å². The maximum Gasteiger partial charge on any atom is 0.464 e. The normalized spacial score (nSPS) is 13.4. The first kappa shape index (κ1) is 18.2. The van der Waals surface area contributed by atoms with Crippen molar-refractivity contribution in [3.05, 3.63) is 60.3 Å². The number of alkyl halides is 3. The average Bonchev–Trinajstić information content (AvgIpc) is 2.61. The third-order valence-corrected chi connectivity index (χ3v) is 3.29. The Balaban J connectivity index is 2.46. The number of halogens is 3. The molecule has 1 aromatic heterocycles. The summed E-state index contributed by atoms with van der Waals surface area (Å²) in [6.45, 7) is 0. The van der Waals surface area contributed by atoms with Gasteiger partial charge in [0.2, 0.25) is 0 Å². The van der Waals surface area contributed by atoms with E-state index in [0.717, 1.165) is 7.11 Å². The topological polar surface area (TPSA) is 81.6 Å². The summed E-state index contributed by atoms with van der Waals surface area (Å²) in [5, 5.41) is 3.71. The SMILES string of the molecule is COC(=O)[C@@](NC(=O)c1ccccc1)(Nc1cccc[nH+]1)C(F)(F)F. The van der Waals surface area contributed by atoms with E-state index in [1.165, 1.54) is 42.6 Å². The lowest BCUT2D eigenvalue weighted by molar-refractivity contribution is -0.363. The predicted molar refractivity (Wildman–Crippen MR) is 81.3 cm³/mol. The first-order valence-corrected chi connectivity index (χ1v) is 7.08. The standard InChI is InChI=1S/C16H14F3N3O3/c1-25-14(24)15(16(17,18)19,21-12-9-5-6-10-20-12)22-13(23)11-7-3-2-4-8-11/h2-10H,1H3,(H,20,21)(H,22,23)/p+1/t15-/m0/s1. The molecule has 132 valence electrons. The second kappa shape index (κ2) is 7.20. The minimum atomic E-state index is -5.19. The molecule has 1 amide bonds. The Morgan fingerprint density at radius 1 is 1.04 bits per heavy atom. The van der Waals surface area contributed by atoms with E-state index >= 15 is 0 Å². The van der Waals surface area contributed by atoms with Crippen LogP contribution in [0.25, 0.3) is 0 Å². The number of rotatable bonds is 5. The number of amides is 1. The number of carbonyl (C=O) groups is 2. The third kappa shape index (κ3) is 3.87. The van der Waals surface area contributed by atoms with Crippen molar-refractivity contribution in [2.75, 3.05) is 12.4 Å². The Kier molecular flexibility index (Phi) is 5.26. The number of ether oxygens (including phenoxy) is 1. The third-order valence-electron chi connectivity index (χ3n) is 3.29. The summed E-state index contributed by atoms with van der Waals surface area (Å²) in [6.07, 6.45) is -3.83. The van der Waals surface area contributed by atoms with Crippen LogP contribution in [0.3, 0.4) is 0 Å². The summed E-state index contributed by atoms with van der Waals surface area (Å²) in [5.74, 6) is -2.94. The molecular weight excluding hydrogens is 339 g/mol. The van der Waals surface area contributed by atoms with Gasteiger partial charge in [-0.2, -0.15) is 13.2 Å². The predicted octanol–water partition coefficient (Wildman–Crippen LogP) is 1.77. The number of aromatic amines is 1. The van der Waals surface area contributed by atoms with E-state index in [2.05, 4.69) is 9.72 Å². The van der Waals surface area contributed by atoms with Gasteiger partial charge in [0.1, 0.15) is 0 Å². The quantitative estimate of drug-likeness (QED) is 0.633. The summed E-state index contributed by atoms with van der Waals surface area (Å²) >= 11 is 0. The summed E-state index contributed by atoms with van der Waals surface area (Å²) in [7, 11) is 0.799. The molecule has 1 atom stereocenters. The van der Waals surface area contributed by atoms with Crippen molar-refractivity contribution in [2.24, 2.45) is 0 Å². The van der Waals surface area contributed by atoms with E-state index in [1.54, 1.807) is 17.4 Å². The average molecular weight is 354 g/mol. The van der Waals surface area contributed by atoms with Gasteiger partial charge in [0.15, 0.2) is 0 Å². The Hall–Kier alpha value is -3.10. The number of H-pyrrole nitrogens is 1. The molecule has 0 unspecified atom stereocenters. The maximum absolute atomic E-state index is 13.8. The van der Waals surface area contributed by atoms with Crippen molar-refractivity contribution in [3.63, 3.8) is 0 Å². The van der Waals surface area contributed by atoms with Gasteiger partial charge in [0.25, 0.3) is 11.7 Å². The van der Waals surface area contributed by atoms with Crippen LogP contribution in [0.5, 0.6) is 0 Å². The van der Waals surface area contributed by atoms with Gasteiger partial charge in [-0.25, -0.2) is 15.1 Å². The first-order chi connectivity index (χ1) is 11.8. The Morgan fingerprint density at radius 2 is 1.68 bits per heavy atom. The molecule has 0 aliphatic carbocycles. The fourth-order valence-electron chi connectivity index (χ4n) is 2.05. The summed E-state index contributed by atoms with van der Waals surface area (Å²) in [5.41, 5.74) is -3.51. The van der Waals surface area contributed by atoms with Crippen LogP contribution in [-0.4, -0.2) is 30.8 Å². The molecule has 0 aliphatic heterocycles. The minimum absolute atomic E-state index is 0.0427. The van der Waals surface area contributed by atoms with E-state index in [1.807, 2.05) is 5.32 Å². The van der Waals surface area contributed by atoms with Crippen LogP contribution in [0.1, 0.15) is 10.4 Å². The van der Waals surface area contributed by atoms with Crippen LogP contribution in [0.2, 0.25) is 0 Å². The molecule has 1 heterocycles. The smallest absolute Gasteiger partial charge is 0.464 e. The van der Waals surface area contributed by atoms with Crippen molar-refractivity contribution in [1.29, 1.82) is 0 Å². The summed E-state index contributed by atoms with van der Waals surface area (Å²) in [6, 6.07) is 11.5. The zero-order valence-corrected chi connectivity index (χ0v) is 13.1. The van der Waals surface area contributed by atoms with Crippen LogP contribution in [0.15, 0.2) is 54.7 Å². The Bertz CT molecular complexity index is 739. The molecule has 1 aromatic carbocycles. The highest BCUT2D eigenvalue weighted by Gasteiger charge is 2.67. The molecule has 0 bridgehead atoms. The second-order valence-electron chi connectivity index (χ2n) is 4.96. The zero-order valence-electron chi connectivity index (χ0n) is 13.1. The number of hydrogen-bond acceptors (Lipinski definition) is 4. The fourth-order valence-corrected chi connectivity index (χ4v) is 2.05. The molecule has 2 aromatic rings. The number of anilines is 1. The van der Waals surface area contributed by atoms with E-state index in [0.29, 0.717) is 0 Å². The van der Waals surface area contributed by atoms with Crippen molar-refractivity contribution in [1.82, 2.24) is 5.32 Å². The maximum atomic E-state index is 13.8. The molecule has 0 saturated carbocycles. The summed E-state index contributed by atoms with van der Waals surface area (Å²) < 4.78 is 45.6. The van der Waals surface area contributed by atoms with Crippen LogP contribution < -0.4 is 15.6 Å².